The van der Waals surface area contributed by atoms with Crippen LogP contribution in [-0.4, -0.2) is 23.9 Å². The summed E-state index contributed by atoms with van der Waals surface area (Å²) in [7, 11) is 0. The van der Waals surface area contributed by atoms with Gasteiger partial charge in [-0.15, -0.1) is 11.8 Å². The molecule has 0 spiro atoms. The Morgan fingerprint density at radius 2 is 1.88 bits per heavy atom. The average molecular weight is 495 g/mol. The zero-order chi connectivity index (χ0) is 23.7. The number of nitrogens with zero attached hydrogens (tertiary/aromatic N) is 1. The summed E-state index contributed by atoms with van der Waals surface area (Å²) in [5.41, 5.74) is 2.60. The van der Waals surface area contributed by atoms with Gasteiger partial charge in [0.15, 0.2) is 11.5 Å². The van der Waals surface area contributed by atoms with Gasteiger partial charge in [0.2, 0.25) is 18.6 Å². The van der Waals surface area contributed by atoms with Crippen molar-refractivity contribution in [3.8, 4) is 11.5 Å². The molecular formula is C26H23ClN2O4S. The predicted octanol–water partition coefficient (Wildman–Crippen LogP) is 5.03. The van der Waals surface area contributed by atoms with E-state index in [9.17, 15) is 9.59 Å². The molecule has 1 N–H and O–H groups in total. The number of carbonyl (C=O) groups excluding carboxylic acids is 2. The number of hydrogen-bond acceptors (Lipinski definition) is 5. The molecule has 0 radical (unpaired) electrons. The summed E-state index contributed by atoms with van der Waals surface area (Å²) in [6, 6.07) is 20.8. The number of para-hydroxylation sites is 1. The van der Waals surface area contributed by atoms with Crippen molar-refractivity contribution >= 4 is 40.9 Å². The molecule has 2 heterocycles. The molecule has 2 amide bonds. The molecule has 0 aliphatic carbocycles. The Kier molecular flexibility index (Phi) is 6.39. The molecule has 0 unspecified atom stereocenters. The number of halogens is 1. The first-order valence-corrected chi connectivity index (χ1v) is 12.2. The van der Waals surface area contributed by atoms with E-state index in [1.165, 1.54) is 11.8 Å². The van der Waals surface area contributed by atoms with E-state index in [-0.39, 0.29) is 18.6 Å². The number of nitrogens with one attached hydrogen (secondary N) is 1. The van der Waals surface area contributed by atoms with Crippen molar-refractivity contribution in [3.05, 3.63) is 82.9 Å². The number of thioether (sulfide) groups is 1. The van der Waals surface area contributed by atoms with E-state index < -0.39 is 11.2 Å². The quantitative estimate of drug-likeness (QED) is 0.520. The molecule has 0 bridgehead atoms. The second-order valence-corrected chi connectivity index (χ2v) is 9.81. The van der Waals surface area contributed by atoms with Gasteiger partial charge in [0.1, 0.15) is 5.25 Å². The van der Waals surface area contributed by atoms with Gasteiger partial charge in [-0.2, -0.15) is 0 Å². The summed E-state index contributed by atoms with van der Waals surface area (Å²) in [4.78, 5) is 29.4. The maximum absolute atomic E-state index is 13.6. The Morgan fingerprint density at radius 3 is 2.74 bits per heavy atom. The van der Waals surface area contributed by atoms with Crippen LogP contribution in [0.4, 0.5) is 5.69 Å². The number of anilines is 1. The highest BCUT2D eigenvalue weighted by molar-refractivity contribution is 8.01. The van der Waals surface area contributed by atoms with Gasteiger partial charge < -0.3 is 19.7 Å². The number of rotatable bonds is 6. The molecule has 34 heavy (non-hydrogen) atoms. The first-order chi connectivity index (χ1) is 16.5. The largest absolute Gasteiger partial charge is 0.454 e. The van der Waals surface area contributed by atoms with Gasteiger partial charge in [0, 0.05) is 16.5 Å². The fourth-order valence-electron chi connectivity index (χ4n) is 4.05. The van der Waals surface area contributed by atoms with E-state index in [0.29, 0.717) is 29.6 Å². The molecule has 2 atom stereocenters. The summed E-state index contributed by atoms with van der Waals surface area (Å²) < 4.78 is 10.7. The fraction of sp³-hybridized carbons (Fsp3) is 0.231. The molecule has 6 nitrogen and oxygen atoms in total. The average Bonchev–Trinajstić information content (AvgIpc) is 3.33. The summed E-state index contributed by atoms with van der Waals surface area (Å²) in [5, 5.41) is 3.03. The molecule has 3 aromatic rings. The highest BCUT2D eigenvalue weighted by atomic mass is 35.5. The minimum atomic E-state index is -0.547. The Balaban J connectivity index is 1.32. The van der Waals surface area contributed by atoms with Crippen LogP contribution in [0.2, 0.25) is 5.02 Å². The maximum atomic E-state index is 13.6. The minimum Gasteiger partial charge on any atom is -0.454 e. The van der Waals surface area contributed by atoms with E-state index >= 15 is 0 Å². The minimum absolute atomic E-state index is 0.102. The molecule has 8 heteroatoms. The Hall–Kier alpha value is -3.16. The van der Waals surface area contributed by atoms with Crippen molar-refractivity contribution in [2.45, 2.75) is 30.2 Å². The van der Waals surface area contributed by atoms with Gasteiger partial charge >= 0.3 is 0 Å². The van der Waals surface area contributed by atoms with Crippen LogP contribution < -0.4 is 19.7 Å². The van der Waals surface area contributed by atoms with Crippen LogP contribution in [0, 0.1) is 5.92 Å². The van der Waals surface area contributed by atoms with Crippen molar-refractivity contribution in [2.75, 3.05) is 11.7 Å². The van der Waals surface area contributed by atoms with E-state index in [1.807, 2.05) is 66.7 Å². The van der Waals surface area contributed by atoms with Gasteiger partial charge in [0.05, 0.1) is 18.2 Å². The van der Waals surface area contributed by atoms with Crippen molar-refractivity contribution in [2.24, 2.45) is 5.92 Å². The van der Waals surface area contributed by atoms with Crippen molar-refractivity contribution < 1.29 is 19.1 Å². The Morgan fingerprint density at radius 1 is 1.12 bits per heavy atom. The van der Waals surface area contributed by atoms with Gasteiger partial charge in [-0.05, 0) is 41.5 Å². The van der Waals surface area contributed by atoms with Crippen LogP contribution in [0.5, 0.6) is 11.5 Å². The molecular weight excluding hydrogens is 472 g/mol. The fourth-order valence-corrected chi connectivity index (χ4v) is 5.53. The lowest BCUT2D eigenvalue weighted by Crippen LogP contribution is -2.47. The highest BCUT2D eigenvalue weighted by Crippen LogP contribution is 2.42. The SMILES string of the molecule is C[C@H](C(=O)NCc1ccc2c(c1)OCO2)[C@H]1Sc2ccccc2N(Cc2ccccc2Cl)C1=O. The molecule has 3 aromatic carbocycles. The molecule has 0 fully saturated rings. The third-order valence-electron chi connectivity index (χ3n) is 5.98. The van der Waals surface area contributed by atoms with Crippen LogP contribution in [0.3, 0.4) is 0 Å². The number of carbonyl (C=O) groups is 2. The summed E-state index contributed by atoms with van der Waals surface area (Å²) in [6.07, 6.45) is 0. The number of hydrogen-bond donors (Lipinski definition) is 1. The summed E-state index contributed by atoms with van der Waals surface area (Å²) in [6.45, 7) is 2.69. The monoisotopic (exact) mass is 494 g/mol. The second kappa shape index (κ2) is 9.60. The van der Waals surface area contributed by atoms with Crippen LogP contribution in [0.15, 0.2) is 71.6 Å². The van der Waals surface area contributed by atoms with Crippen LogP contribution in [0.1, 0.15) is 18.1 Å². The molecule has 0 saturated carbocycles. The zero-order valence-corrected chi connectivity index (χ0v) is 20.1. The van der Waals surface area contributed by atoms with E-state index in [1.54, 1.807) is 11.8 Å². The Bertz CT molecular complexity index is 1250. The highest BCUT2D eigenvalue weighted by Gasteiger charge is 2.39. The molecule has 2 aliphatic rings. The lowest BCUT2D eigenvalue weighted by atomic mass is 10.0. The third-order valence-corrected chi connectivity index (χ3v) is 7.81. The third kappa shape index (κ3) is 4.45. The molecule has 2 aliphatic heterocycles. The molecule has 5 rings (SSSR count). The first kappa shape index (κ1) is 22.6. The number of benzene rings is 3. The number of amides is 2. The lowest BCUT2D eigenvalue weighted by Gasteiger charge is -2.36. The van der Waals surface area contributed by atoms with Crippen LogP contribution >= 0.6 is 23.4 Å². The van der Waals surface area contributed by atoms with Gasteiger partial charge in [-0.3, -0.25) is 9.59 Å². The standard InChI is InChI=1S/C26H23ClN2O4S/c1-16(25(30)28-13-17-10-11-21-22(12-17)33-15-32-21)24-26(31)29(14-18-6-2-3-7-19(18)27)20-8-4-5-9-23(20)34-24/h2-12,16,24H,13-15H2,1H3,(H,28,30)/t16-,24+/m0/s1. The zero-order valence-electron chi connectivity index (χ0n) is 18.5. The van der Waals surface area contributed by atoms with Crippen molar-refractivity contribution in [1.29, 1.82) is 0 Å². The molecule has 0 saturated heterocycles. The van der Waals surface area contributed by atoms with Crippen LogP contribution in [0.25, 0.3) is 0 Å². The topological polar surface area (TPSA) is 67.9 Å². The van der Waals surface area contributed by atoms with Crippen molar-refractivity contribution in [1.82, 2.24) is 5.32 Å². The maximum Gasteiger partial charge on any atom is 0.241 e. The summed E-state index contributed by atoms with van der Waals surface area (Å²) in [5.74, 6) is 0.554. The molecule has 0 aromatic heterocycles. The van der Waals surface area contributed by atoms with Gasteiger partial charge in [-0.1, -0.05) is 54.9 Å². The van der Waals surface area contributed by atoms with E-state index in [2.05, 4.69) is 5.32 Å². The Labute approximate surface area is 207 Å². The van der Waals surface area contributed by atoms with Gasteiger partial charge in [0.25, 0.3) is 0 Å². The summed E-state index contributed by atoms with van der Waals surface area (Å²) >= 11 is 7.81. The molecule has 174 valence electrons. The van der Waals surface area contributed by atoms with Crippen LogP contribution in [-0.2, 0) is 22.7 Å². The predicted molar refractivity (Wildman–Crippen MR) is 132 cm³/mol. The van der Waals surface area contributed by atoms with Crippen molar-refractivity contribution in [3.63, 3.8) is 0 Å². The first-order valence-electron chi connectivity index (χ1n) is 11.0. The smallest absolute Gasteiger partial charge is 0.241 e. The normalized spacial score (nSPS) is 17.3. The second-order valence-electron chi connectivity index (χ2n) is 8.22. The van der Waals surface area contributed by atoms with E-state index in [0.717, 1.165) is 21.7 Å². The number of ether oxygens (including phenoxy) is 2. The number of fused-ring (bicyclic) bond motifs is 2. The van der Waals surface area contributed by atoms with Gasteiger partial charge in [-0.25, -0.2) is 0 Å². The van der Waals surface area contributed by atoms with E-state index in [4.69, 9.17) is 21.1 Å². The lowest BCUT2D eigenvalue weighted by molar-refractivity contribution is -0.128.